The van der Waals surface area contributed by atoms with Crippen LogP contribution in [-0.4, -0.2) is 19.1 Å². The average molecular weight is 383 g/mol. The molecule has 1 unspecified atom stereocenters. The SMILES string of the molecule is CO[C@H](CC(=O)N[O-])C(Cc1ccc(Cl)cc1C)c1ccc(F)cc1F. The first-order chi connectivity index (χ1) is 12.3. The van der Waals surface area contributed by atoms with Gasteiger partial charge >= 0.3 is 0 Å². The number of hydrogen-bond acceptors (Lipinski definition) is 3. The predicted octanol–water partition coefficient (Wildman–Crippen LogP) is 4.27. The van der Waals surface area contributed by atoms with Crippen molar-refractivity contribution < 1.29 is 18.3 Å². The zero-order valence-corrected chi connectivity index (χ0v) is 15.1. The standard InChI is InChI=1S/C19H19ClF2NO3/c1-11-7-13(20)4-3-12(11)8-16(18(26-2)10-19(24)23-25)15-6-5-14(21)9-17(15)22/h3-7,9,16,18H,8,10H2,1-2H3,(H-,23,24,25)/q-1/t16?,18-/m1/s1. The number of rotatable bonds is 7. The molecule has 0 aliphatic heterocycles. The van der Waals surface area contributed by atoms with Gasteiger partial charge in [-0.15, -0.1) is 0 Å². The van der Waals surface area contributed by atoms with E-state index in [-0.39, 0.29) is 12.0 Å². The van der Waals surface area contributed by atoms with E-state index in [2.05, 4.69) is 0 Å². The number of nitrogens with one attached hydrogen (secondary N) is 1. The Morgan fingerprint density at radius 3 is 2.58 bits per heavy atom. The van der Waals surface area contributed by atoms with Gasteiger partial charge in [-0.1, -0.05) is 23.7 Å². The molecular formula is C19H19ClF2NO3-. The zero-order valence-electron chi connectivity index (χ0n) is 14.4. The number of methoxy groups -OCH3 is 1. The topological polar surface area (TPSA) is 61.4 Å². The summed E-state index contributed by atoms with van der Waals surface area (Å²) in [5.41, 5.74) is 3.30. The van der Waals surface area contributed by atoms with Crippen molar-refractivity contribution in [3.8, 4) is 0 Å². The molecule has 0 aliphatic carbocycles. The minimum Gasteiger partial charge on any atom is -0.759 e. The fourth-order valence-corrected chi connectivity index (χ4v) is 3.21. The van der Waals surface area contributed by atoms with Crippen molar-refractivity contribution in [2.75, 3.05) is 7.11 Å². The van der Waals surface area contributed by atoms with Crippen molar-refractivity contribution in [2.45, 2.75) is 31.8 Å². The fraction of sp³-hybridized carbons (Fsp3) is 0.316. The van der Waals surface area contributed by atoms with Gasteiger partial charge in [0.05, 0.1) is 12.5 Å². The normalized spacial score (nSPS) is 13.3. The number of amides is 1. The third-order valence-corrected chi connectivity index (χ3v) is 4.59. The molecule has 0 bridgehead atoms. The highest BCUT2D eigenvalue weighted by Crippen LogP contribution is 2.32. The maximum Gasteiger partial charge on any atom is 0.212 e. The third-order valence-electron chi connectivity index (χ3n) is 4.36. The van der Waals surface area contributed by atoms with Crippen LogP contribution in [0.25, 0.3) is 0 Å². The monoisotopic (exact) mass is 382 g/mol. The predicted molar refractivity (Wildman–Crippen MR) is 95.9 cm³/mol. The molecule has 1 amide bonds. The first-order valence-electron chi connectivity index (χ1n) is 7.99. The molecule has 26 heavy (non-hydrogen) atoms. The number of hydrogen-bond donors (Lipinski definition) is 1. The van der Waals surface area contributed by atoms with Crippen molar-refractivity contribution in [2.24, 2.45) is 0 Å². The summed E-state index contributed by atoms with van der Waals surface area (Å²) in [4.78, 5) is 11.5. The van der Waals surface area contributed by atoms with Crippen molar-refractivity contribution in [1.29, 1.82) is 0 Å². The summed E-state index contributed by atoms with van der Waals surface area (Å²) in [5, 5.41) is 11.2. The third kappa shape index (κ3) is 5.00. The van der Waals surface area contributed by atoms with Crippen LogP contribution in [-0.2, 0) is 16.0 Å². The largest absolute Gasteiger partial charge is 0.759 e. The fourth-order valence-electron chi connectivity index (χ4n) is 2.98. The van der Waals surface area contributed by atoms with Crippen LogP contribution in [0.4, 0.5) is 8.78 Å². The van der Waals surface area contributed by atoms with Crippen molar-refractivity contribution in [3.05, 3.63) is 75.0 Å². The first kappa shape index (κ1) is 20.3. The average Bonchev–Trinajstić information content (AvgIpc) is 2.60. The van der Waals surface area contributed by atoms with Crippen LogP contribution in [0.2, 0.25) is 5.02 Å². The number of halogens is 3. The van der Waals surface area contributed by atoms with E-state index in [4.69, 9.17) is 16.3 Å². The summed E-state index contributed by atoms with van der Waals surface area (Å²) < 4.78 is 33.1. The Bertz CT molecular complexity index is 785. The van der Waals surface area contributed by atoms with Gasteiger partial charge in [0.25, 0.3) is 0 Å². The number of benzene rings is 2. The molecule has 7 heteroatoms. The molecule has 0 spiro atoms. The van der Waals surface area contributed by atoms with Crippen molar-refractivity contribution in [3.63, 3.8) is 0 Å². The summed E-state index contributed by atoms with van der Waals surface area (Å²) >= 11 is 5.98. The van der Waals surface area contributed by atoms with Gasteiger partial charge in [0.15, 0.2) is 0 Å². The molecule has 140 valence electrons. The maximum absolute atomic E-state index is 14.4. The zero-order chi connectivity index (χ0) is 19.3. The van der Waals surface area contributed by atoms with Gasteiger partial charge in [0.1, 0.15) is 11.6 Å². The van der Waals surface area contributed by atoms with Gasteiger partial charge in [-0.05, 0) is 48.2 Å². The maximum atomic E-state index is 14.4. The van der Waals surface area contributed by atoms with Gasteiger partial charge < -0.3 is 15.4 Å². The highest BCUT2D eigenvalue weighted by Gasteiger charge is 2.28. The molecule has 2 aromatic rings. The van der Waals surface area contributed by atoms with Crippen LogP contribution in [0.15, 0.2) is 36.4 Å². The molecule has 0 aromatic heterocycles. The second kappa shape index (κ2) is 9.07. The molecule has 1 N–H and O–H groups in total. The van der Waals surface area contributed by atoms with E-state index in [1.165, 1.54) is 18.7 Å². The minimum absolute atomic E-state index is 0.214. The highest BCUT2D eigenvalue weighted by atomic mass is 35.5. The van der Waals surface area contributed by atoms with E-state index in [9.17, 15) is 18.8 Å². The molecule has 0 saturated carbocycles. The smallest absolute Gasteiger partial charge is 0.212 e. The Hall–Kier alpha value is -2.02. The van der Waals surface area contributed by atoms with Crippen molar-refractivity contribution >= 4 is 17.5 Å². The Morgan fingerprint density at radius 2 is 2.00 bits per heavy atom. The number of carbonyl (C=O) groups excluding carboxylic acids is 1. The minimum atomic E-state index is -0.766. The number of hydroxylamine groups is 1. The van der Waals surface area contributed by atoms with Crippen LogP contribution in [0.5, 0.6) is 0 Å². The lowest BCUT2D eigenvalue weighted by atomic mass is 9.84. The van der Waals surface area contributed by atoms with E-state index >= 15 is 0 Å². The van der Waals surface area contributed by atoms with Crippen LogP contribution < -0.4 is 5.48 Å². The molecule has 0 aliphatic rings. The van der Waals surface area contributed by atoms with Crippen LogP contribution in [0.1, 0.15) is 29.0 Å². The quantitative estimate of drug-likeness (QED) is 0.727. The lowest BCUT2D eigenvalue weighted by Gasteiger charge is -2.28. The van der Waals surface area contributed by atoms with E-state index in [1.807, 2.05) is 13.0 Å². The molecule has 0 fully saturated rings. The van der Waals surface area contributed by atoms with Gasteiger partial charge in [0.2, 0.25) is 5.91 Å². The van der Waals surface area contributed by atoms with Gasteiger partial charge in [-0.2, -0.15) is 0 Å². The summed E-state index contributed by atoms with van der Waals surface area (Å²) in [6.45, 7) is 1.87. The van der Waals surface area contributed by atoms with E-state index < -0.39 is 29.6 Å². The highest BCUT2D eigenvalue weighted by molar-refractivity contribution is 6.30. The van der Waals surface area contributed by atoms with Crippen molar-refractivity contribution in [1.82, 2.24) is 5.48 Å². The van der Waals surface area contributed by atoms with Crippen LogP contribution >= 0.6 is 11.6 Å². The molecule has 0 saturated heterocycles. The number of aryl methyl sites for hydroxylation is 1. The molecule has 0 radical (unpaired) electrons. The lowest BCUT2D eigenvalue weighted by molar-refractivity contribution is -0.123. The molecule has 0 heterocycles. The van der Waals surface area contributed by atoms with E-state index in [1.54, 1.807) is 12.1 Å². The van der Waals surface area contributed by atoms with Gasteiger partial charge in [-0.3, -0.25) is 4.79 Å². The second-order valence-electron chi connectivity index (χ2n) is 6.05. The first-order valence-corrected chi connectivity index (χ1v) is 8.37. The van der Waals surface area contributed by atoms with E-state index in [0.29, 0.717) is 11.4 Å². The number of carbonyl (C=O) groups is 1. The number of ether oxygens (including phenoxy) is 1. The Balaban J connectivity index is 2.44. The summed E-state index contributed by atoms with van der Waals surface area (Å²) in [6, 6.07) is 8.58. The Kier molecular flexibility index (Phi) is 7.08. The van der Waals surface area contributed by atoms with Gasteiger partial charge in [0, 0.05) is 24.1 Å². The molecular weight excluding hydrogens is 364 g/mol. The molecule has 4 nitrogen and oxygen atoms in total. The summed E-state index contributed by atoms with van der Waals surface area (Å²) in [5.74, 6) is -2.79. The van der Waals surface area contributed by atoms with Gasteiger partial charge in [-0.25, -0.2) is 8.78 Å². The Morgan fingerprint density at radius 1 is 1.27 bits per heavy atom. The summed E-state index contributed by atoms with van der Waals surface area (Å²) in [7, 11) is 1.38. The molecule has 2 aromatic carbocycles. The lowest BCUT2D eigenvalue weighted by Crippen LogP contribution is -2.30. The molecule has 2 rings (SSSR count). The Labute approximate surface area is 155 Å². The second-order valence-corrected chi connectivity index (χ2v) is 6.49. The summed E-state index contributed by atoms with van der Waals surface area (Å²) in [6.07, 6.45) is -0.677. The van der Waals surface area contributed by atoms with Crippen LogP contribution in [0, 0.1) is 23.8 Å². The van der Waals surface area contributed by atoms with Crippen LogP contribution in [0.3, 0.4) is 0 Å². The molecule has 2 atom stereocenters. The van der Waals surface area contributed by atoms with E-state index in [0.717, 1.165) is 23.3 Å².